The Morgan fingerprint density at radius 3 is 2.94 bits per heavy atom. The number of methoxy groups -OCH3 is 1. The van der Waals surface area contributed by atoms with Crippen molar-refractivity contribution in [1.29, 1.82) is 0 Å². The van der Waals surface area contributed by atoms with Crippen molar-refractivity contribution < 1.29 is 9.53 Å². The summed E-state index contributed by atoms with van der Waals surface area (Å²) in [5.74, 6) is -0.135. The third-order valence-corrected chi connectivity index (χ3v) is 4.77. The van der Waals surface area contributed by atoms with Crippen LogP contribution in [0, 0.1) is 0 Å². The summed E-state index contributed by atoms with van der Waals surface area (Å²) in [6.45, 7) is 0.923. The minimum atomic E-state index is -0.135. The lowest BCUT2D eigenvalue weighted by atomic mass is 10.0. The summed E-state index contributed by atoms with van der Waals surface area (Å²) in [5, 5.41) is 1.01. The molecule has 1 fully saturated rings. The molecule has 1 aromatic heterocycles. The fourth-order valence-electron chi connectivity index (χ4n) is 2.46. The van der Waals surface area contributed by atoms with Crippen LogP contribution in [0.3, 0.4) is 0 Å². The van der Waals surface area contributed by atoms with Crippen molar-refractivity contribution in [3.63, 3.8) is 0 Å². The van der Waals surface area contributed by atoms with Crippen LogP contribution < -0.4 is 4.90 Å². The van der Waals surface area contributed by atoms with Crippen LogP contribution in [-0.2, 0) is 22.4 Å². The summed E-state index contributed by atoms with van der Waals surface area (Å²) in [6, 6.07) is -0.104. The number of ether oxygens (including phenoxy) is 1. The zero-order chi connectivity index (χ0) is 11.8. The molecule has 0 saturated carbocycles. The van der Waals surface area contributed by atoms with Gasteiger partial charge in [-0.1, -0.05) is 0 Å². The minimum absolute atomic E-state index is 0.104. The Morgan fingerprint density at radius 1 is 1.47 bits per heavy atom. The molecule has 0 aromatic carbocycles. The predicted octanol–water partition coefficient (Wildman–Crippen LogP) is 1.77. The molecule has 0 spiro atoms. The van der Waals surface area contributed by atoms with Gasteiger partial charge in [-0.05, 0) is 32.1 Å². The van der Waals surface area contributed by atoms with Crippen molar-refractivity contribution in [3.05, 3.63) is 10.6 Å². The van der Waals surface area contributed by atoms with Gasteiger partial charge in [-0.2, -0.15) is 0 Å². The monoisotopic (exact) mass is 252 g/mol. The van der Waals surface area contributed by atoms with Gasteiger partial charge in [0.15, 0.2) is 5.13 Å². The molecule has 0 radical (unpaired) electrons. The Bertz CT molecular complexity index is 420. The maximum absolute atomic E-state index is 11.5. The first-order chi connectivity index (χ1) is 8.29. The van der Waals surface area contributed by atoms with Gasteiger partial charge in [-0.3, -0.25) is 0 Å². The van der Waals surface area contributed by atoms with E-state index in [1.807, 2.05) is 0 Å². The Morgan fingerprint density at radius 2 is 2.29 bits per heavy atom. The maximum Gasteiger partial charge on any atom is 0.328 e. The van der Waals surface area contributed by atoms with Crippen molar-refractivity contribution in [2.75, 3.05) is 18.6 Å². The molecule has 1 saturated heterocycles. The van der Waals surface area contributed by atoms with Crippen LogP contribution in [0.4, 0.5) is 5.13 Å². The second-order valence-electron chi connectivity index (χ2n) is 4.59. The molecule has 17 heavy (non-hydrogen) atoms. The summed E-state index contributed by atoms with van der Waals surface area (Å²) < 4.78 is 4.80. The van der Waals surface area contributed by atoms with E-state index in [1.165, 1.54) is 30.5 Å². The van der Waals surface area contributed by atoms with Gasteiger partial charge in [0.2, 0.25) is 0 Å². The van der Waals surface area contributed by atoms with Gasteiger partial charge in [0.05, 0.1) is 12.8 Å². The summed E-state index contributed by atoms with van der Waals surface area (Å²) in [6.07, 6.45) is 5.66. The van der Waals surface area contributed by atoms with E-state index in [2.05, 4.69) is 9.88 Å². The first-order valence-electron chi connectivity index (χ1n) is 6.12. The molecule has 0 amide bonds. The fourth-order valence-corrected chi connectivity index (χ4v) is 3.68. The number of hydrogen-bond acceptors (Lipinski definition) is 5. The largest absolute Gasteiger partial charge is 0.467 e. The number of aromatic nitrogens is 1. The molecule has 1 aliphatic carbocycles. The van der Waals surface area contributed by atoms with Crippen LogP contribution in [0.25, 0.3) is 0 Å². The van der Waals surface area contributed by atoms with E-state index in [9.17, 15) is 4.79 Å². The van der Waals surface area contributed by atoms with Gasteiger partial charge in [0.25, 0.3) is 0 Å². The van der Waals surface area contributed by atoms with Crippen LogP contribution in [-0.4, -0.2) is 30.6 Å². The average Bonchev–Trinajstić information content (AvgIpc) is 2.70. The molecule has 4 nitrogen and oxygen atoms in total. The van der Waals surface area contributed by atoms with Gasteiger partial charge in [-0.25, -0.2) is 9.78 Å². The van der Waals surface area contributed by atoms with E-state index < -0.39 is 0 Å². The Hall–Kier alpha value is -1.10. The van der Waals surface area contributed by atoms with Gasteiger partial charge >= 0.3 is 5.97 Å². The Kier molecular flexibility index (Phi) is 2.78. The van der Waals surface area contributed by atoms with Gasteiger partial charge in [0.1, 0.15) is 6.04 Å². The predicted molar refractivity (Wildman–Crippen MR) is 66.5 cm³/mol. The van der Waals surface area contributed by atoms with Crippen molar-refractivity contribution in [1.82, 2.24) is 4.98 Å². The van der Waals surface area contributed by atoms with Crippen LogP contribution in [0.15, 0.2) is 0 Å². The quantitative estimate of drug-likeness (QED) is 0.752. The highest BCUT2D eigenvalue weighted by atomic mass is 32.1. The number of thiazole rings is 1. The highest BCUT2D eigenvalue weighted by Crippen LogP contribution is 2.35. The van der Waals surface area contributed by atoms with Gasteiger partial charge < -0.3 is 9.64 Å². The molecule has 3 rings (SSSR count). The molecular weight excluding hydrogens is 236 g/mol. The number of carbonyl (C=O) groups is 1. The zero-order valence-electron chi connectivity index (χ0n) is 9.94. The molecule has 0 N–H and O–H groups in total. The molecule has 2 aliphatic rings. The highest BCUT2D eigenvalue weighted by Gasteiger charge is 2.37. The topological polar surface area (TPSA) is 42.4 Å². The number of aryl methyl sites for hydroxylation is 2. The number of esters is 1. The van der Waals surface area contributed by atoms with Crippen LogP contribution >= 0.6 is 11.3 Å². The first kappa shape index (κ1) is 11.0. The number of carbonyl (C=O) groups excluding carboxylic acids is 1. The third-order valence-electron chi connectivity index (χ3n) is 3.57. The molecule has 92 valence electrons. The first-order valence-corrected chi connectivity index (χ1v) is 6.94. The van der Waals surface area contributed by atoms with E-state index in [4.69, 9.17) is 4.74 Å². The normalized spacial score (nSPS) is 22.9. The number of anilines is 1. The molecule has 2 heterocycles. The van der Waals surface area contributed by atoms with Crippen molar-refractivity contribution in [2.45, 2.75) is 38.1 Å². The van der Waals surface area contributed by atoms with Crippen molar-refractivity contribution in [2.24, 2.45) is 0 Å². The molecule has 1 unspecified atom stereocenters. The minimum Gasteiger partial charge on any atom is -0.467 e. The van der Waals surface area contributed by atoms with E-state index in [1.54, 1.807) is 11.3 Å². The number of fused-ring (bicyclic) bond motifs is 1. The second kappa shape index (κ2) is 4.29. The van der Waals surface area contributed by atoms with E-state index >= 15 is 0 Å². The lowest BCUT2D eigenvalue weighted by molar-refractivity contribution is -0.143. The van der Waals surface area contributed by atoms with Crippen LogP contribution in [0.1, 0.15) is 29.8 Å². The third kappa shape index (κ3) is 1.82. The fraction of sp³-hybridized carbons (Fsp3) is 0.667. The SMILES string of the molecule is COC(=O)C1CCN1c1nc2c(s1)CCCC2. The zero-order valence-corrected chi connectivity index (χ0v) is 10.8. The summed E-state index contributed by atoms with van der Waals surface area (Å²) >= 11 is 1.76. The molecule has 1 atom stereocenters. The standard InChI is InChI=1S/C12H16N2O2S/c1-16-11(15)9-6-7-14(9)12-13-8-4-2-3-5-10(8)17-12/h9H,2-7H2,1H3. The molecule has 5 heteroatoms. The number of rotatable bonds is 2. The summed E-state index contributed by atoms with van der Waals surface area (Å²) in [4.78, 5) is 19.7. The Labute approximate surface area is 105 Å². The molecule has 0 bridgehead atoms. The maximum atomic E-state index is 11.5. The highest BCUT2D eigenvalue weighted by molar-refractivity contribution is 7.15. The average molecular weight is 252 g/mol. The van der Waals surface area contributed by atoms with Gasteiger partial charge in [0, 0.05) is 11.4 Å². The lowest BCUT2D eigenvalue weighted by Crippen LogP contribution is -2.53. The smallest absolute Gasteiger partial charge is 0.328 e. The van der Waals surface area contributed by atoms with Crippen molar-refractivity contribution >= 4 is 22.4 Å². The molecule has 1 aliphatic heterocycles. The summed E-state index contributed by atoms with van der Waals surface area (Å²) in [5.41, 5.74) is 1.26. The Balaban J connectivity index is 1.80. The van der Waals surface area contributed by atoms with E-state index in [-0.39, 0.29) is 12.0 Å². The lowest BCUT2D eigenvalue weighted by Gasteiger charge is -2.38. The molecular formula is C12H16N2O2S. The van der Waals surface area contributed by atoms with E-state index in [0.717, 1.165) is 30.9 Å². The summed E-state index contributed by atoms with van der Waals surface area (Å²) in [7, 11) is 1.45. The second-order valence-corrected chi connectivity index (χ2v) is 5.66. The van der Waals surface area contributed by atoms with Gasteiger partial charge in [-0.15, -0.1) is 11.3 Å². The number of hydrogen-bond donors (Lipinski definition) is 0. The number of nitrogens with zero attached hydrogens (tertiary/aromatic N) is 2. The van der Waals surface area contributed by atoms with Crippen molar-refractivity contribution in [3.8, 4) is 0 Å². The van der Waals surface area contributed by atoms with Crippen LogP contribution in [0.2, 0.25) is 0 Å². The van der Waals surface area contributed by atoms with E-state index in [0.29, 0.717) is 0 Å². The van der Waals surface area contributed by atoms with Crippen LogP contribution in [0.5, 0.6) is 0 Å². The molecule has 1 aromatic rings.